The molecule has 1 rings (SSSR count). The summed E-state index contributed by atoms with van der Waals surface area (Å²) in [5.41, 5.74) is 4.99. The maximum Gasteiger partial charge on any atom is 0.237 e. The topological polar surface area (TPSA) is 58.4 Å². The van der Waals surface area contributed by atoms with E-state index < -0.39 is 5.54 Å². The minimum atomic E-state index is -0.551. The average molecular weight is 269 g/mol. The van der Waals surface area contributed by atoms with Crippen LogP contribution in [0.4, 0.5) is 0 Å². The van der Waals surface area contributed by atoms with Gasteiger partial charge in [0, 0.05) is 12.6 Å². The molecule has 3 unspecified atom stereocenters. The number of carbonyl (C=O) groups excluding carboxylic acids is 1. The van der Waals surface area contributed by atoms with Crippen LogP contribution >= 0.6 is 0 Å². The van der Waals surface area contributed by atoms with E-state index in [0.29, 0.717) is 6.04 Å². The highest BCUT2D eigenvalue weighted by molar-refractivity contribution is 5.84. The van der Waals surface area contributed by atoms with Crippen LogP contribution in [0.15, 0.2) is 0 Å². The van der Waals surface area contributed by atoms with E-state index in [4.69, 9.17) is 5.73 Å². The number of rotatable bonds is 8. The normalized spacial score (nSPS) is 27.4. The zero-order valence-corrected chi connectivity index (χ0v) is 13.0. The molecule has 0 bridgehead atoms. The highest BCUT2D eigenvalue weighted by atomic mass is 16.1. The molecule has 0 aliphatic carbocycles. The summed E-state index contributed by atoms with van der Waals surface area (Å²) in [6.07, 6.45) is 4.15. The molecular weight excluding hydrogens is 238 g/mol. The Balaban J connectivity index is 2.38. The Morgan fingerprint density at radius 2 is 2.16 bits per heavy atom. The van der Waals surface area contributed by atoms with Crippen LogP contribution in [0.5, 0.6) is 0 Å². The molecule has 3 atom stereocenters. The molecule has 0 saturated carbocycles. The summed E-state index contributed by atoms with van der Waals surface area (Å²) in [5, 5.41) is 3.30. The van der Waals surface area contributed by atoms with Gasteiger partial charge in [-0.3, -0.25) is 4.79 Å². The molecule has 1 fully saturated rings. The van der Waals surface area contributed by atoms with Crippen LogP contribution in [0, 0.1) is 5.92 Å². The van der Waals surface area contributed by atoms with Crippen molar-refractivity contribution in [3.63, 3.8) is 0 Å². The van der Waals surface area contributed by atoms with Crippen molar-refractivity contribution >= 4 is 5.91 Å². The van der Waals surface area contributed by atoms with Gasteiger partial charge in [-0.15, -0.1) is 0 Å². The van der Waals surface area contributed by atoms with Gasteiger partial charge in [-0.05, 0) is 58.5 Å². The molecule has 0 radical (unpaired) electrons. The highest BCUT2D eigenvalue weighted by Crippen LogP contribution is 2.23. The third-order valence-corrected chi connectivity index (χ3v) is 4.34. The second-order valence-electron chi connectivity index (χ2n) is 6.41. The molecule has 0 aromatic heterocycles. The Bertz CT molecular complexity index is 295. The Labute approximate surface area is 118 Å². The molecule has 1 heterocycles. The van der Waals surface area contributed by atoms with Gasteiger partial charge >= 0.3 is 0 Å². The first-order valence-electron chi connectivity index (χ1n) is 7.68. The predicted octanol–water partition coefficient (Wildman–Crippen LogP) is 1.74. The van der Waals surface area contributed by atoms with Crippen molar-refractivity contribution in [3.05, 3.63) is 0 Å². The maximum absolute atomic E-state index is 11.6. The summed E-state index contributed by atoms with van der Waals surface area (Å²) < 4.78 is 0. The maximum atomic E-state index is 11.6. The molecule has 1 aliphatic rings. The zero-order valence-electron chi connectivity index (χ0n) is 13.0. The van der Waals surface area contributed by atoms with Crippen LogP contribution in [-0.2, 0) is 4.79 Å². The first-order chi connectivity index (χ1) is 8.89. The smallest absolute Gasteiger partial charge is 0.237 e. The lowest BCUT2D eigenvalue weighted by Gasteiger charge is -2.29. The molecule has 3 N–H and O–H groups in total. The van der Waals surface area contributed by atoms with Gasteiger partial charge in [0.05, 0.1) is 5.54 Å². The minimum Gasteiger partial charge on any atom is -0.368 e. The number of nitrogens with two attached hydrogens (primary N) is 1. The van der Waals surface area contributed by atoms with Crippen molar-refractivity contribution < 1.29 is 4.79 Å². The highest BCUT2D eigenvalue weighted by Gasteiger charge is 2.31. The molecule has 4 heteroatoms. The third-order valence-electron chi connectivity index (χ3n) is 4.34. The lowest BCUT2D eigenvalue weighted by atomic mass is 9.94. The van der Waals surface area contributed by atoms with Gasteiger partial charge in [0.25, 0.3) is 0 Å². The van der Waals surface area contributed by atoms with Gasteiger partial charge in [-0.25, -0.2) is 0 Å². The van der Waals surface area contributed by atoms with E-state index in [0.717, 1.165) is 38.3 Å². The fraction of sp³-hybridized carbons (Fsp3) is 0.933. The van der Waals surface area contributed by atoms with Gasteiger partial charge < -0.3 is 16.0 Å². The summed E-state index contributed by atoms with van der Waals surface area (Å²) in [6, 6.07) is 0.679. The second-order valence-corrected chi connectivity index (χ2v) is 6.41. The molecule has 0 spiro atoms. The van der Waals surface area contributed by atoms with Gasteiger partial charge in [-0.1, -0.05) is 13.8 Å². The average Bonchev–Trinajstić information content (AvgIpc) is 2.65. The van der Waals surface area contributed by atoms with E-state index in [-0.39, 0.29) is 5.91 Å². The number of hydrogen-bond donors (Lipinski definition) is 2. The molecule has 4 nitrogen and oxygen atoms in total. The molecule has 112 valence electrons. The van der Waals surface area contributed by atoms with E-state index in [1.807, 2.05) is 6.92 Å². The molecule has 19 heavy (non-hydrogen) atoms. The predicted molar refractivity (Wildman–Crippen MR) is 79.9 cm³/mol. The van der Waals surface area contributed by atoms with Crippen LogP contribution in [0.1, 0.15) is 53.4 Å². The molecule has 1 aliphatic heterocycles. The van der Waals surface area contributed by atoms with Crippen LogP contribution in [-0.4, -0.2) is 42.0 Å². The minimum absolute atomic E-state index is 0.233. The summed E-state index contributed by atoms with van der Waals surface area (Å²) in [5.74, 6) is 0.569. The van der Waals surface area contributed by atoms with E-state index in [9.17, 15) is 4.79 Å². The van der Waals surface area contributed by atoms with Crippen LogP contribution in [0.2, 0.25) is 0 Å². The number of nitrogens with zero attached hydrogens (tertiary/aromatic N) is 1. The van der Waals surface area contributed by atoms with Crippen molar-refractivity contribution in [2.75, 3.05) is 19.6 Å². The third kappa shape index (κ3) is 4.77. The lowest BCUT2D eigenvalue weighted by molar-refractivity contribution is -0.124. The molecule has 0 aromatic rings. The number of hydrogen-bond acceptors (Lipinski definition) is 3. The Hall–Kier alpha value is -0.610. The Kier molecular flexibility index (Phi) is 6.27. The van der Waals surface area contributed by atoms with E-state index >= 15 is 0 Å². The largest absolute Gasteiger partial charge is 0.368 e. The summed E-state index contributed by atoms with van der Waals surface area (Å²) in [6.45, 7) is 11.7. The number of nitrogens with one attached hydrogen (secondary N) is 1. The van der Waals surface area contributed by atoms with Crippen molar-refractivity contribution in [2.45, 2.75) is 65.0 Å². The van der Waals surface area contributed by atoms with Crippen LogP contribution < -0.4 is 11.1 Å². The Morgan fingerprint density at radius 1 is 1.47 bits per heavy atom. The molecule has 0 aromatic carbocycles. The summed E-state index contributed by atoms with van der Waals surface area (Å²) in [7, 11) is 0. The summed E-state index contributed by atoms with van der Waals surface area (Å²) >= 11 is 0. The standard InChI is InChI=1S/C15H31N3O/c1-5-8-17-15(4,14(16)19)7-6-9-18-11-12(2)10-13(18)3/h12-13,17H,5-11H2,1-4H3,(H2,16,19). The monoisotopic (exact) mass is 269 g/mol. The SMILES string of the molecule is CCCNC(C)(CCCN1CC(C)CC1C)C(N)=O. The molecular formula is C15H31N3O. The number of carbonyl (C=O) groups is 1. The first kappa shape index (κ1) is 16.4. The van der Waals surface area contributed by atoms with Gasteiger partial charge in [0.1, 0.15) is 0 Å². The first-order valence-corrected chi connectivity index (χ1v) is 7.68. The van der Waals surface area contributed by atoms with E-state index in [1.165, 1.54) is 13.0 Å². The van der Waals surface area contributed by atoms with E-state index in [1.54, 1.807) is 0 Å². The number of amides is 1. The lowest BCUT2D eigenvalue weighted by Crippen LogP contribution is -2.53. The van der Waals surface area contributed by atoms with Gasteiger partial charge in [0.15, 0.2) is 0 Å². The second kappa shape index (κ2) is 7.25. The van der Waals surface area contributed by atoms with Gasteiger partial charge in [0.2, 0.25) is 5.91 Å². The van der Waals surface area contributed by atoms with Crippen molar-refractivity contribution in [1.82, 2.24) is 10.2 Å². The molecule has 1 amide bonds. The molecule has 1 saturated heterocycles. The van der Waals surface area contributed by atoms with Crippen molar-refractivity contribution in [1.29, 1.82) is 0 Å². The van der Waals surface area contributed by atoms with E-state index in [2.05, 4.69) is 31.0 Å². The fourth-order valence-corrected chi connectivity index (χ4v) is 3.03. The quantitative estimate of drug-likeness (QED) is 0.705. The van der Waals surface area contributed by atoms with Crippen molar-refractivity contribution in [2.24, 2.45) is 11.7 Å². The fourth-order valence-electron chi connectivity index (χ4n) is 3.03. The number of likely N-dealkylation sites (tertiary alicyclic amines) is 1. The van der Waals surface area contributed by atoms with Gasteiger partial charge in [-0.2, -0.15) is 0 Å². The van der Waals surface area contributed by atoms with Crippen LogP contribution in [0.3, 0.4) is 0 Å². The number of primary amides is 1. The summed E-state index contributed by atoms with van der Waals surface area (Å²) in [4.78, 5) is 14.2. The zero-order chi connectivity index (χ0) is 14.5. The Morgan fingerprint density at radius 3 is 2.63 bits per heavy atom. The van der Waals surface area contributed by atoms with Crippen LogP contribution in [0.25, 0.3) is 0 Å². The van der Waals surface area contributed by atoms with Crippen molar-refractivity contribution in [3.8, 4) is 0 Å².